The fraction of sp³-hybridized carbons (Fsp3) is 1.00. The van der Waals surface area contributed by atoms with Gasteiger partial charge in [-0.15, -0.1) is 4.83 Å². The summed E-state index contributed by atoms with van der Waals surface area (Å²) in [5, 5.41) is 0. The lowest BCUT2D eigenvalue weighted by atomic mass is 10.7. The van der Waals surface area contributed by atoms with Crippen LogP contribution in [0.2, 0.25) is 0 Å². The highest BCUT2D eigenvalue weighted by atomic mass is 32.2. The molecule has 5 nitrogen and oxygen atoms in total. The van der Waals surface area contributed by atoms with E-state index >= 15 is 0 Å². The summed E-state index contributed by atoms with van der Waals surface area (Å²) in [5.74, 6) is 4.78. The van der Waals surface area contributed by atoms with Gasteiger partial charge in [-0.3, -0.25) is 5.84 Å². The Hall–Kier alpha value is -0.170. The Labute approximate surface area is 61.3 Å². The van der Waals surface area contributed by atoms with Gasteiger partial charge in [-0.05, 0) is 0 Å². The molecule has 0 aromatic heterocycles. The van der Waals surface area contributed by atoms with Crippen molar-refractivity contribution in [2.24, 2.45) is 5.84 Å². The zero-order valence-corrected chi connectivity index (χ0v) is 6.98. The number of hydrazine groups is 1. The van der Waals surface area contributed by atoms with E-state index in [1.165, 1.54) is 4.31 Å². The van der Waals surface area contributed by atoms with Crippen LogP contribution in [0.3, 0.4) is 0 Å². The van der Waals surface area contributed by atoms with Gasteiger partial charge in [0, 0.05) is 13.1 Å². The summed E-state index contributed by atoms with van der Waals surface area (Å²) in [4.78, 5) is 1.74. The van der Waals surface area contributed by atoms with Crippen LogP contribution in [0.15, 0.2) is 0 Å². The Bertz CT molecular complexity index is 173. The largest absolute Gasteiger partial charge is 0.292 e. The third kappa shape index (κ3) is 2.22. The van der Waals surface area contributed by atoms with Gasteiger partial charge in [0.2, 0.25) is 0 Å². The Balaban J connectivity index is 4.28. The first-order chi connectivity index (χ1) is 4.58. The van der Waals surface area contributed by atoms with Crippen LogP contribution in [-0.4, -0.2) is 25.8 Å². The van der Waals surface area contributed by atoms with E-state index in [9.17, 15) is 8.42 Å². The van der Waals surface area contributed by atoms with Crippen LogP contribution in [0.1, 0.15) is 13.8 Å². The molecule has 0 atom stereocenters. The standard InChI is InChI=1S/C4H13N3O2S/c1-3-7(4-2)10(8,9)6-5/h6H,3-5H2,1-2H3. The normalized spacial score (nSPS) is 12.4. The third-order valence-electron chi connectivity index (χ3n) is 1.19. The third-order valence-corrected chi connectivity index (χ3v) is 2.69. The van der Waals surface area contributed by atoms with E-state index in [2.05, 4.69) is 0 Å². The molecule has 0 amide bonds. The summed E-state index contributed by atoms with van der Waals surface area (Å²) in [7, 11) is -3.40. The van der Waals surface area contributed by atoms with Gasteiger partial charge in [0.1, 0.15) is 0 Å². The van der Waals surface area contributed by atoms with Gasteiger partial charge in [0.05, 0.1) is 0 Å². The molecule has 62 valence electrons. The highest BCUT2D eigenvalue weighted by Gasteiger charge is 2.14. The van der Waals surface area contributed by atoms with Crippen molar-refractivity contribution in [3.63, 3.8) is 0 Å². The van der Waals surface area contributed by atoms with Crippen LogP contribution in [0.4, 0.5) is 0 Å². The van der Waals surface area contributed by atoms with Crippen LogP contribution in [0.5, 0.6) is 0 Å². The van der Waals surface area contributed by atoms with E-state index < -0.39 is 10.2 Å². The SMILES string of the molecule is CCN(CC)S(=O)(=O)NN. The van der Waals surface area contributed by atoms with Crippen LogP contribution >= 0.6 is 0 Å². The lowest BCUT2D eigenvalue weighted by Gasteiger charge is -2.16. The lowest BCUT2D eigenvalue weighted by Crippen LogP contribution is -2.43. The Kier molecular flexibility index (Phi) is 3.80. The number of rotatable bonds is 4. The number of nitrogens with zero attached hydrogens (tertiary/aromatic N) is 1. The molecule has 0 saturated heterocycles. The molecule has 3 N–H and O–H groups in total. The number of hydrogen-bond donors (Lipinski definition) is 2. The van der Waals surface area contributed by atoms with Crippen LogP contribution in [0.25, 0.3) is 0 Å². The molecule has 0 rings (SSSR count). The van der Waals surface area contributed by atoms with Crippen molar-refractivity contribution < 1.29 is 8.42 Å². The molecule has 6 heteroatoms. The average Bonchev–Trinajstić information content (AvgIpc) is 1.90. The number of nitrogens with one attached hydrogen (secondary N) is 1. The molecule has 10 heavy (non-hydrogen) atoms. The Morgan fingerprint density at radius 3 is 1.90 bits per heavy atom. The fourth-order valence-electron chi connectivity index (χ4n) is 0.638. The maximum atomic E-state index is 10.9. The van der Waals surface area contributed by atoms with Gasteiger partial charge in [-0.25, -0.2) is 0 Å². The van der Waals surface area contributed by atoms with Gasteiger partial charge in [0.15, 0.2) is 0 Å². The zero-order valence-electron chi connectivity index (χ0n) is 6.16. The molecule has 0 spiro atoms. The summed E-state index contributed by atoms with van der Waals surface area (Å²) in [6.45, 7) is 4.36. The topological polar surface area (TPSA) is 75.4 Å². The monoisotopic (exact) mass is 167 g/mol. The van der Waals surface area contributed by atoms with E-state index in [1.807, 2.05) is 0 Å². The van der Waals surface area contributed by atoms with Crippen LogP contribution in [0, 0.1) is 0 Å². The first kappa shape index (κ1) is 9.83. The molecule has 0 aliphatic heterocycles. The van der Waals surface area contributed by atoms with Crippen LogP contribution in [-0.2, 0) is 10.2 Å². The van der Waals surface area contributed by atoms with Gasteiger partial charge in [-0.2, -0.15) is 12.7 Å². The highest BCUT2D eigenvalue weighted by molar-refractivity contribution is 7.87. The van der Waals surface area contributed by atoms with Crippen molar-refractivity contribution >= 4 is 10.2 Å². The highest BCUT2D eigenvalue weighted by Crippen LogP contribution is 1.93. The predicted molar refractivity (Wildman–Crippen MR) is 39.2 cm³/mol. The maximum absolute atomic E-state index is 10.9. The second-order valence-electron chi connectivity index (χ2n) is 1.71. The van der Waals surface area contributed by atoms with Crippen molar-refractivity contribution in [1.82, 2.24) is 9.14 Å². The van der Waals surface area contributed by atoms with E-state index in [1.54, 1.807) is 18.7 Å². The molecule has 0 aliphatic rings. The van der Waals surface area contributed by atoms with E-state index in [0.29, 0.717) is 13.1 Å². The van der Waals surface area contributed by atoms with Gasteiger partial charge in [-0.1, -0.05) is 13.8 Å². The Morgan fingerprint density at radius 1 is 1.40 bits per heavy atom. The maximum Gasteiger partial charge on any atom is 0.292 e. The van der Waals surface area contributed by atoms with Gasteiger partial charge >= 0.3 is 0 Å². The molecule has 0 aliphatic carbocycles. The summed E-state index contributed by atoms with van der Waals surface area (Å²) in [6, 6.07) is 0. The molecule has 0 heterocycles. The summed E-state index contributed by atoms with van der Waals surface area (Å²) >= 11 is 0. The molecule has 0 saturated carbocycles. The summed E-state index contributed by atoms with van der Waals surface area (Å²) in [5.41, 5.74) is 0. The van der Waals surface area contributed by atoms with Gasteiger partial charge in [0.25, 0.3) is 10.2 Å². The smallest absolute Gasteiger partial charge is 0.257 e. The summed E-state index contributed by atoms with van der Waals surface area (Å²) in [6.07, 6.45) is 0. The molecule has 0 aromatic carbocycles. The first-order valence-electron chi connectivity index (χ1n) is 3.06. The van der Waals surface area contributed by atoms with Crippen molar-refractivity contribution in [2.45, 2.75) is 13.8 Å². The fourth-order valence-corrected chi connectivity index (χ4v) is 1.47. The molecular weight excluding hydrogens is 154 g/mol. The molecule has 0 radical (unpaired) electrons. The molecule has 0 aromatic rings. The van der Waals surface area contributed by atoms with E-state index in [0.717, 1.165) is 0 Å². The predicted octanol–water partition coefficient (Wildman–Crippen LogP) is -0.964. The number of nitrogens with two attached hydrogens (primary N) is 1. The average molecular weight is 167 g/mol. The first-order valence-corrected chi connectivity index (χ1v) is 4.50. The molecular formula is C4H13N3O2S. The van der Waals surface area contributed by atoms with Crippen LogP contribution < -0.4 is 10.7 Å². The zero-order chi connectivity index (χ0) is 8.20. The van der Waals surface area contributed by atoms with Gasteiger partial charge < -0.3 is 0 Å². The quantitative estimate of drug-likeness (QED) is 0.418. The molecule has 0 fully saturated rings. The second kappa shape index (κ2) is 3.87. The minimum absolute atomic E-state index is 0.434. The minimum Gasteiger partial charge on any atom is -0.257 e. The van der Waals surface area contributed by atoms with Crippen molar-refractivity contribution in [1.29, 1.82) is 0 Å². The minimum atomic E-state index is -3.40. The lowest BCUT2D eigenvalue weighted by molar-refractivity contribution is 0.436. The van der Waals surface area contributed by atoms with E-state index in [-0.39, 0.29) is 0 Å². The van der Waals surface area contributed by atoms with Crippen molar-refractivity contribution in [3.8, 4) is 0 Å². The molecule has 0 unspecified atom stereocenters. The van der Waals surface area contributed by atoms with Crippen molar-refractivity contribution in [2.75, 3.05) is 13.1 Å². The summed E-state index contributed by atoms with van der Waals surface area (Å²) < 4.78 is 22.9. The number of hydrogen-bond acceptors (Lipinski definition) is 3. The van der Waals surface area contributed by atoms with Crippen molar-refractivity contribution in [3.05, 3.63) is 0 Å². The second-order valence-corrected chi connectivity index (χ2v) is 3.41. The molecule has 0 bridgehead atoms. The van der Waals surface area contributed by atoms with E-state index in [4.69, 9.17) is 5.84 Å². The Morgan fingerprint density at radius 2 is 1.80 bits per heavy atom.